The minimum absolute atomic E-state index is 0.0420. The van der Waals surface area contributed by atoms with Gasteiger partial charge in [-0.15, -0.1) is 0 Å². The van der Waals surface area contributed by atoms with Gasteiger partial charge >= 0.3 is 0 Å². The second-order valence-electron chi connectivity index (χ2n) is 5.38. The fraction of sp³-hybridized carbons (Fsp3) is 0.125. The highest BCUT2D eigenvalue weighted by atomic mass is 16.7. The van der Waals surface area contributed by atoms with Gasteiger partial charge < -0.3 is 9.47 Å². The van der Waals surface area contributed by atoms with Gasteiger partial charge in [0.1, 0.15) is 0 Å². The number of nitro benzene ring substituents is 2. The summed E-state index contributed by atoms with van der Waals surface area (Å²) in [5.41, 5.74) is 2.08. The molecule has 0 saturated carbocycles. The molecule has 1 N–H and O–H groups in total. The van der Waals surface area contributed by atoms with Crippen molar-refractivity contribution in [1.82, 2.24) is 5.43 Å². The van der Waals surface area contributed by atoms with E-state index in [-0.39, 0.29) is 41.5 Å². The Balaban J connectivity index is 1.72. The number of nitrogens with zero attached hydrogens (tertiary/aromatic N) is 3. The maximum atomic E-state index is 12.0. The number of nitro groups is 2. The maximum absolute atomic E-state index is 12.0. The lowest BCUT2D eigenvalue weighted by atomic mass is 10.1. The second-order valence-corrected chi connectivity index (χ2v) is 5.38. The van der Waals surface area contributed by atoms with Gasteiger partial charge in [0.05, 0.1) is 34.1 Å². The summed E-state index contributed by atoms with van der Waals surface area (Å²) < 4.78 is 10.2. The number of hydrogen-bond donors (Lipinski definition) is 1. The Morgan fingerprint density at radius 3 is 2.48 bits per heavy atom. The van der Waals surface area contributed by atoms with Crippen LogP contribution in [0.4, 0.5) is 11.4 Å². The van der Waals surface area contributed by atoms with Gasteiger partial charge in [-0.1, -0.05) is 18.2 Å². The van der Waals surface area contributed by atoms with Gasteiger partial charge in [0.2, 0.25) is 12.7 Å². The molecule has 2 aromatic rings. The number of fused-ring (bicyclic) bond motifs is 1. The van der Waals surface area contributed by atoms with Crippen LogP contribution in [-0.4, -0.2) is 28.8 Å². The largest absolute Gasteiger partial charge is 0.454 e. The molecular weight excluding hydrogens is 360 g/mol. The Labute approximate surface area is 151 Å². The highest BCUT2D eigenvalue weighted by molar-refractivity contribution is 5.88. The minimum Gasteiger partial charge on any atom is -0.454 e. The predicted molar refractivity (Wildman–Crippen MR) is 91.8 cm³/mol. The fourth-order valence-corrected chi connectivity index (χ4v) is 2.43. The summed E-state index contributed by atoms with van der Waals surface area (Å²) >= 11 is 0. The number of carbonyl (C=O) groups is 1. The molecule has 0 saturated heterocycles. The average molecular weight is 372 g/mol. The molecule has 0 atom stereocenters. The molecule has 11 heteroatoms. The average Bonchev–Trinajstić information content (AvgIpc) is 3.08. The number of hydrazone groups is 1. The topological polar surface area (TPSA) is 146 Å². The lowest BCUT2D eigenvalue weighted by Gasteiger charge is -2.02. The van der Waals surface area contributed by atoms with Gasteiger partial charge in [-0.25, -0.2) is 5.43 Å². The van der Waals surface area contributed by atoms with Crippen molar-refractivity contribution in [2.45, 2.75) is 6.42 Å². The van der Waals surface area contributed by atoms with Crippen molar-refractivity contribution in [1.29, 1.82) is 0 Å². The van der Waals surface area contributed by atoms with E-state index in [1.54, 1.807) is 6.07 Å². The first-order valence-electron chi connectivity index (χ1n) is 7.58. The smallest absolute Gasteiger partial charge is 0.282 e. The zero-order chi connectivity index (χ0) is 19.4. The first-order valence-corrected chi connectivity index (χ1v) is 7.58. The SMILES string of the molecule is O=C(Cc1ccccc1[N+](=O)[O-])N/N=C\c1cc2c(cc1[N+](=O)[O-])OCO2. The van der Waals surface area contributed by atoms with Crippen LogP contribution in [0.5, 0.6) is 11.5 Å². The van der Waals surface area contributed by atoms with E-state index in [1.807, 2.05) is 0 Å². The van der Waals surface area contributed by atoms with Crippen molar-refractivity contribution < 1.29 is 24.1 Å². The van der Waals surface area contributed by atoms with Crippen LogP contribution in [0.2, 0.25) is 0 Å². The number of rotatable bonds is 6. The molecule has 3 rings (SSSR count). The van der Waals surface area contributed by atoms with Crippen molar-refractivity contribution in [2.24, 2.45) is 5.10 Å². The van der Waals surface area contributed by atoms with Gasteiger partial charge in [-0.2, -0.15) is 5.10 Å². The van der Waals surface area contributed by atoms with Crippen LogP contribution >= 0.6 is 0 Å². The zero-order valence-electron chi connectivity index (χ0n) is 13.7. The van der Waals surface area contributed by atoms with E-state index >= 15 is 0 Å². The first-order chi connectivity index (χ1) is 13.0. The maximum Gasteiger partial charge on any atom is 0.282 e. The number of ether oxygens (including phenoxy) is 2. The molecule has 0 bridgehead atoms. The fourth-order valence-electron chi connectivity index (χ4n) is 2.43. The summed E-state index contributed by atoms with van der Waals surface area (Å²) in [5.74, 6) is -0.0310. The Morgan fingerprint density at radius 1 is 1.11 bits per heavy atom. The molecule has 0 aliphatic carbocycles. The van der Waals surface area contributed by atoms with Gasteiger partial charge in [0.25, 0.3) is 11.4 Å². The van der Waals surface area contributed by atoms with Crippen LogP contribution in [0.25, 0.3) is 0 Å². The van der Waals surface area contributed by atoms with Gasteiger partial charge in [0.15, 0.2) is 11.5 Å². The number of benzene rings is 2. The van der Waals surface area contributed by atoms with E-state index in [4.69, 9.17) is 9.47 Å². The Hall–Kier alpha value is -4.02. The molecule has 2 aromatic carbocycles. The third kappa shape index (κ3) is 3.98. The van der Waals surface area contributed by atoms with Crippen LogP contribution in [-0.2, 0) is 11.2 Å². The lowest BCUT2D eigenvalue weighted by molar-refractivity contribution is -0.385. The number of amides is 1. The van der Waals surface area contributed by atoms with Gasteiger partial charge in [-0.3, -0.25) is 25.0 Å². The summed E-state index contributed by atoms with van der Waals surface area (Å²) in [6.07, 6.45) is 0.828. The molecule has 0 aromatic heterocycles. The summed E-state index contributed by atoms with van der Waals surface area (Å²) in [6, 6.07) is 8.41. The quantitative estimate of drug-likeness (QED) is 0.463. The third-order valence-electron chi connectivity index (χ3n) is 3.65. The molecule has 0 radical (unpaired) electrons. The number of hydrogen-bond acceptors (Lipinski definition) is 8. The number of para-hydroxylation sites is 1. The van der Waals surface area contributed by atoms with Crippen molar-refractivity contribution in [3.63, 3.8) is 0 Å². The second kappa shape index (κ2) is 7.47. The summed E-state index contributed by atoms with van der Waals surface area (Å²) in [7, 11) is 0. The Bertz CT molecular complexity index is 958. The molecule has 1 aliphatic heterocycles. The van der Waals surface area contributed by atoms with Gasteiger partial charge in [0, 0.05) is 11.6 Å². The third-order valence-corrected chi connectivity index (χ3v) is 3.65. The van der Waals surface area contributed by atoms with E-state index in [0.717, 1.165) is 6.21 Å². The van der Waals surface area contributed by atoms with E-state index in [2.05, 4.69) is 10.5 Å². The molecular formula is C16H12N4O7. The molecule has 1 aliphatic rings. The highest BCUT2D eigenvalue weighted by Gasteiger charge is 2.22. The van der Waals surface area contributed by atoms with Crippen molar-refractivity contribution in [2.75, 3.05) is 6.79 Å². The zero-order valence-corrected chi connectivity index (χ0v) is 13.7. The lowest BCUT2D eigenvalue weighted by Crippen LogP contribution is -2.20. The summed E-state index contributed by atoms with van der Waals surface area (Å²) in [4.78, 5) is 32.9. The van der Waals surface area contributed by atoms with Crippen molar-refractivity contribution in [3.8, 4) is 11.5 Å². The van der Waals surface area contributed by atoms with Crippen LogP contribution in [0, 0.1) is 20.2 Å². The molecule has 0 fully saturated rings. The molecule has 138 valence electrons. The Morgan fingerprint density at radius 2 is 1.78 bits per heavy atom. The summed E-state index contributed by atoms with van der Waals surface area (Å²) in [6.45, 7) is -0.0420. The minimum atomic E-state index is -0.613. The first kappa shape index (κ1) is 17.8. The van der Waals surface area contributed by atoms with Crippen molar-refractivity contribution >= 4 is 23.5 Å². The van der Waals surface area contributed by atoms with E-state index < -0.39 is 15.8 Å². The predicted octanol–water partition coefficient (Wildman–Crippen LogP) is 1.92. The highest BCUT2D eigenvalue weighted by Crippen LogP contribution is 2.37. The van der Waals surface area contributed by atoms with Gasteiger partial charge in [-0.05, 0) is 6.07 Å². The van der Waals surface area contributed by atoms with E-state index in [1.165, 1.54) is 30.3 Å². The standard InChI is InChI=1S/C16H12N4O7/c21-16(6-10-3-1-2-4-12(10)19(22)23)18-17-8-11-5-14-15(27-9-26-14)7-13(11)20(24)25/h1-5,7-8H,6,9H2,(H,18,21)/b17-8-. The van der Waals surface area contributed by atoms with E-state index in [0.29, 0.717) is 5.75 Å². The van der Waals surface area contributed by atoms with Crippen LogP contribution in [0.3, 0.4) is 0 Å². The van der Waals surface area contributed by atoms with Crippen LogP contribution in [0.1, 0.15) is 11.1 Å². The van der Waals surface area contributed by atoms with Crippen LogP contribution < -0.4 is 14.9 Å². The Kier molecular flexibility index (Phi) is 4.92. The molecule has 11 nitrogen and oxygen atoms in total. The molecule has 0 spiro atoms. The van der Waals surface area contributed by atoms with E-state index in [9.17, 15) is 25.0 Å². The molecule has 0 unspecified atom stereocenters. The number of carbonyl (C=O) groups excluding carboxylic acids is 1. The summed E-state index contributed by atoms with van der Waals surface area (Å²) in [5, 5.41) is 25.8. The molecule has 1 amide bonds. The van der Waals surface area contributed by atoms with Crippen LogP contribution in [0.15, 0.2) is 41.5 Å². The normalized spacial score (nSPS) is 12.1. The monoisotopic (exact) mass is 372 g/mol. The molecule has 27 heavy (non-hydrogen) atoms. The van der Waals surface area contributed by atoms with Crippen molar-refractivity contribution in [3.05, 3.63) is 67.8 Å². The number of nitrogens with one attached hydrogen (secondary N) is 1. The molecule has 1 heterocycles.